The molecule has 1 aliphatic heterocycles. The first kappa shape index (κ1) is 17.0. The van der Waals surface area contributed by atoms with E-state index >= 15 is 0 Å². The van der Waals surface area contributed by atoms with Crippen molar-refractivity contribution in [3.63, 3.8) is 0 Å². The van der Waals surface area contributed by atoms with Crippen molar-refractivity contribution in [2.45, 2.75) is 26.9 Å². The third kappa shape index (κ3) is 5.13. The number of nitrogens with one attached hydrogen (secondary N) is 2. The molecule has 0 amide bonds. The molecule has 7 heteroatoms. The van der Waals surface area contributed by atoms with Crippen LogP contribution in [0.1, 0.15) is 28.4 Å². The lowest BCUT2D eigenvalue weighted by Crippen LogP contribution is -3.08. The maximum Gasteiger partial charge on any atom is 0.673 e. The second-order valence-corrected chi connectivity index (χ2v) is 5.29. The lowest BCUT2D eigenvalue weighted by Gasteiger charge is -2.21. The van der Waals surface area contributed by atoms with Crippen LogP contribution in [0.5, 0.6) is 0 Å². The third-order valence-corrected chi connectivity index (χ3v) is 3.39. The van der Waals surface area contributed by atoms with E-state index in [0.29, 0.717) is 6.17 Å². The van der Waals surface area contributed by atoms with Gasteiger partial charge in [0.25, 0.3) is 0 Å². The standard InChI is InChI=1S/C13H20N2.BF4/c1-9-7-10(2)12(11(3)8-9)13-14-5-6-15(13)4;2-1(3,4)5/h7-8,13-14H,5-6H2,1-4H3;/q;-1/p+1. The maximum absolute atomic E-state index is 9.75. The van der Waals surface area contributed by atoms with Crippen LogP contribution in [0.3, 0.4) is 0 Å². The average Bonchev–Trinajstić information content (AvgIpc) is 2.60. The minimum atomic E-state index is -6.00. The Hall–Kier alpha value is -1.08. The minimum absolute atomic E-state index is 0.491. The first-order valence-electron chi connectivity index (χ1n) is 6.60. The van der Waals surface area contributed by atoms with E-state index in [4.69, 9.17) is 0 Å². The fourth-order valence-electron chi connectivity index (χ4n) is 2.73. The Kier molecular flexibility index (Phi) is 5.59. The molecular formula is C13H21BF4N2. The first-order chi connectivity index (χ1) is 9.09. The molecule has 0 bridgehead atoms. The Balaban J connectivity index is 0.000000347. The van der Waals surface area contributed by atoms with Crippen molar-refractivity contribution in [1.82, 2.24) is 5.32 Å². The van der Waals surface area contributed by atoms with Gasteiger partial charge in [0.1, 0.15) is 0 Å². The van der Waals surface area contributed by atoms with Gasteiger partial charge in [0.05, 0.1) is 20.1 Å². The molecule has 2 nitrogen and oxygen atoms in total. The molecule has 114 valence electrons. The van der Waals surface area contributed by atoms with Crippen LogP contribution in [0, 0.1) is 20.8 Å². The van der Waals surface area contributed by atoms with E-state index in [0.717, 1.165) is 6.54 Å². The average molecular weight is 292 g/mol. The topological polar surface area (TPSA) is 16.5 Å². The Morgan fingerprint density at radius 1 is 1.10 bits per heavy atom. The van der Waals surface area contributed by atoms with Crippen LogP contribution in [0.4, 0.5) is 17.3 Å². The van der Waals surface area contributed by atoms with E-state index in [1.54, 1.807) is 4.90 Å². The summed E-state index contributed by atoms with van der Waals surface area (Å²) in [6.45, 7) is 8.97. The van der Waals surface area contributed by atoms with Gasteiger partial charge in [-0.2, -0.15) is 0 Å². The number of benzene rings is 1. The number of hydrogen-bond acceptors (Lipinski definition) is 1. The molecule has 1 aliphatic rings. The van der Waals surface area contributed by atoms with Crippen molar-refractivity contribution in [1.29, 1.82) is 0 Å². The van der Waals surface area contributed by atoms with Crippen LogP contribution in [0.25, 0.3) is 0 Å². The summed E-state index contributed by atoms with van der Waals surface area (Å²) < 4.78 is 39.0. The Bertz CT molecular complexity index is 433. The van der Waals surface area contributed by atoms with Gasteiger partial charge < -0.3 is 22.2 Å². The Labute approximate surface area is 117 Å². The van der Waals surface area contributed by atoms with Crippen LogP contribution < -0.4 is 10.2 Å². The van der Waals surface area contributed by atoms with Crippen LogP contribution in [-0.2, 0) is 0 Å². The number of aryl methyl sites for hydroxylation is 3. The summed E-state index contributed by atoms with van der Waals surface area (Å²) in [7, 11) is -3.73. The molecule has 0 saturated carbocycles. The number of quaternary nitrogens is 1. The van der Waals surface area contributed by atoms with Gasteiger partial charge in [-0.3, -0.25) is 5.32 Å². The van der Waals surface area contributed by atoms with E-state index in [-0.39, 0.29) is 0 Å². The SMILES string of the molecule is Cc1cc(C)c(C2NCC[NH+]2C)c(C)c1.F[B-](F)(F)F. The van der Waals surface area contributed by atoms with E-state index in [9.17, 15) is 17.3 Å². The van der Waals surface area contributed by atoms with Gasteiger partial charge in [-0.25, -0.2) is 0 Å². The van der Waals surface area contributed by atoms with Crippen LogP contribution in [0.2, 0.25) is 0 Å². The van der Waals surface area contributed by atoms with Crippen LogP contribution >= 0.6 is 0 Å². The summed E-state index contributed by atoms with van der Waals surface area (Å²) in [5, 5.41) is 3.59. The van der Waals surface area contributed by atoms with Crippen molar-refractivity contribution in [2.75, 3.05) is 20.1 Å². The zero-order valence-corrected chi connectivity index (χ0v) is 12.2. The first-order valence-corrected chi connectivity index (χ1v) is 6.60. The third-order valence-electron chi connectivity index (χ3n) is 3.39. The molecule has 1 aromatic rings. The van der Waals surface area contributed by atoms with Crippen molar-refractivity contribution >= 4 is 7.25 Å². The molecule has 0 aromatic heterocycles. The predicted molar refractivity (Wildman–Crippen MR) is 73.3 cm³/mol. The fraction of sp³-hybridized carbons (Fsp3) is 0.538. The number of halogens is 4. The Morgan fingerprint density at radius 3 is 1.90 bits per heavy atom. The highest BCUT2D eigenvalue weighted by atomic mass is 19.5. The van der Waals surface area contributed by atoms with Crippen molar-refractivity contribution in [3.05, 3.63) is 34.4 Å². The number of likely N-dealkylation sites (N-methyl/N-ethyl adjacent to an activating group) is 1. The molecule has 1 saturated heterocycles. The molecule has 0 spiro atoms. The molecule has 2 atom stereocenters. The highest BCUT2D eigenvalue weighted by molar-refractivity contribution is 6.50. The van der Waals surface area contributed by atoms with Crippen molar-refractivity contribution in [3.8, 4) is 0 Å². The van der Waals surface area contributed by atoms with Gasteiger partial charge in [-0.15, -0.1) is 0 Å². The fourth-order valence-corrected chi connectivity index (χ4v) is 2.73. The lowest BCUT2D eigenvalue weighted by atomic mass is 9.97. The van der Waals surface area contributed by atoms with E-state index < -0.39 is 7.25 Å². The summed E-state index contributed by atoms with van der Waals surface area (Å²) >= 11 is 0. The number of rotatable bonds is 1. The smallest absolute Gasteiger partial charge is 0.418 e. The van der Waals surface area contributed by atoms with Gasteiger partial charge in [0, 0.05) is 5.56 Å². The number of hydrogen-bond donors (Lipinski definition) is 2. The van der Waals surface area contributed by atoms with Gasteiger partial charge in [-0.1, -0.05) is 17.7 Å². The van der Waals surface area contributed by atoms with E-state index in [1.165, 1.54) is 28.8 Å². The zero-order chi connectivity index (χ0) is 15.5. The van der Waals surface area contributed by atoms with Gasteiger partial charge in [-0.05, 0) is 31.9 Å². The van der Waals surface area contributed by atoms with Gasteiger partial charge in [0.2, 0.25) is 0 Å². The van der Waals surface area contributed by atoms with E-state index in [1.807, 2.05) is 0 Å². The highest BCUT2D eigenvalue weighted by Crippen LogP contribution is 2.21. The van der Waals surface area contributed by atoms with E-state index in [2.05, 4.69) is 45.3 Å². The van der Waals surface area contributed by atoms with Gasteiger partial charge >= 0.3 is 7.25 Å². The second-order valence-electron chi connectivity index (χ2n) is 5.29. The van der Waals surface area contributed by atoms with Crippen molar-refractivity contribution < 1.29 is 22.2 Å². The quantitative estimate of drug-likeness (QED) is 0.598. The molecule has 0 radical (unpaired) electrons. The minimum Gasteiger partial charge on any atom is -0.418 e. The molecule has 1 aromatic carbocycles. The normalized spacial score (nSPS) is 22.4. The second kappa shape index (κ2) is 6.58. The van der Waals surface area contributed by atoms with Gasteiger partial charge in [0.15, 0.2) is 6.17 Å². The molecular weight excluding hydrogens is 271 g/mol. The summed E-state index contributed by atoms with van der Waals surface area (Å²) in [4.78, 5) is 1.57. The van der Waals surface area contributed by atoms with Crippen LogP contribution in [0.15, 0.2) is 12.1 Å². The summed E-state index contributed by atoms with van der Waals surface area (Å²) in [6, 6.07) is 4.57. The molecule has 0 aliphatic carbocycles. The summed E-state index contributed by atoms with van der Waals surface area (Å²) in [6.07, 6.45) is 0.491. The molecule has 2 unspecified atom stereocenters. The largest absolute Gasteiger partial charge is 0.673 e. The predicted octanol–water partition coefficient (Wildman–Crippen LogP) is 2.03. The van der Waals surface area contributed by atoms with Crippen molar-refractivity contribution in [2.24, 2.45) is 0 Å². The summed E-state index contributed by atoms with van der Waals surface area (Å²) in [5.74, 6) is 0. The maximum atomic E-state index is 9.75. The Morgan fingerprint density at radius 2 is 1.55 bits per heavy atom. The monoisotopic (exact) mass is 292 g/mol. The molecule has 1 heterocycles. The molecule has 2 N–H and O–H groups in total. The molecule has 1 fully saturated rings. The van der Waals surface area contributed by atoms with Crippen LogP contribution in [-0.4, -0.2) is 27.4 Å². The summed E-state index contributed by atoms with van der Waals surface area (Å²) in [5.41, 5.74) is 5.71. The molecule has 2 rings (SSSR count). The lowest BCUT2D eigenvalue weighted by molar-refractivity contribution is -0.899. The zero-order valence-electron chi connectivity index (χ0n) is 12.2. The molecule has 20 heavy (non-hydrogen) atoms. The highest BCUT2D eigenvalue weighted by Gasteiger charge is 2.28.